The molecule has 1 aromatic carbocycles. The summed E-state index contributed by atoms with van der Waals surface area (Å²) >= 11 is 2.20. The number of hydrogen-bond acceptors (Lipinski definition) is 7. The lowest BCUT2D eigenvalue weighted by Crippen LogP contribution is -2.37. The molecule has 0 bridgehead atoms. The molecule has 1 aliphatic rings. The van der Waals surface area contributed by atoms with E-state index >= 15 is 0 Å². The van der Waals surface area contributed by atoms with Crippen molar-refractivity contribution in [3.8, 4) is 17.2 Å². The minimum Gasteiger partial charge on any atom is -0.496 e. The number of nitrogens with zero attached hydrogens (tertiary/aromatic N) is 3. The van der Waals surface area contributed by atoms with Crippen LogP contribution in [0.2, 0.25) is 0 Å². The maximum atomic E-state index is 12.3. The molecular formula is C21H28IN5O3. The zero-order valence-corrected chi connectivity index (χ0v) is 19.7. The summed E-state index contributed by atoms with van der Waals surface area (Å²) in [4.78, 5) is 22.8. The van der Waals surface area contributed by atoms with E-state index in [9.17, 15) is 4.79 Å². The number of carbonyl (C=O) groups is 1. The van der Waals surface area contributed by atoms with Gasteiger partial charge in [0.15, 0.2) is 11.6 Å². The first-order valence-electron chi connectivity index (χ1n) is 10.1. The predicted octanol–water partition coefficient (Wildman–Crippen LogP) is 4.01. The van der Waals surface area contributed by atoms with Gasteiger partial charge in [0, 0.05) is 5.56 Å². The zero-order valence-electron chi connectivity index (χ0n) is 17.6. The standard InChI is InChI=1S/C21H28IN5O3/c1-13(2)14-9-17(29-3)15(22)10-16(14)30-18-11-24-21(26-20(18)23)25-19(28)12-27-7-5-4-6-8-27/h9-11,13H,4-8,12H2,1-3H3,(H3,23,24,25,26,28). The van der Waals surface area contributed by atoms with Crippen molar-refractivity contribution in [2.24, 2.45) is 0 Å². The van der Waals surface area contributed by atoms with Crippen molar-refractivity contribution in [3.63, 3.8) is 0 Å². The number of anilines is 2. The van der Waals surface area contributed by atoms with Gasteiger partial charge in [0.2, 0.25) is 11.9 Å². The van der Waals surface area contributed by atoms with E-state index in [1.54, 1.807) is 7.11 Å². The Hall–Kier alpha value is -2.14. The summed E-state index contributed by atoms with van der Waals surface area (Å²) in [5.41, 5.74) is 7.08. The highest BCUT2D eigenvalue weighted by atomic mass is 127. The molecule has 162 valence electrons. The molecule has 0 radical (unpaired) electrons. The molecule has 0 aliphatic carbocycles. The minimum absolute atomic E-state index is 0.142. The van der Waals surface area contributed by atoms with Gasteiger partial charge in [-0.1, -0.05) is 20.3 Å². The number of carbonyl (C=O) groups excluding carboxylic acids is 1. The Morgan fingerprint density at radius 3 is 2.60 bits per heavy atom. The molecule has 0 spiro atoms. The summed E-state index contributed by atoms with van der Waals surface area (Å²) in [5, 5.41) is 2.72. The van der Waals surface area contributed by atoms with E-state index in [-0.39, 0.29) is 23.6 Å². The average molecular weight is 525 g/mol. The molecule has 3 N–H and O–H groups in total. The summed E-state index contributed by atoms with van der Waals surface area (Å²) in [6.45, 7) is 6.39. The molecule has 3 rings (SSSR count). The van der Waals surface area contributed by atoms with Gasteiger partial charge in [0.1, 0.15) is 11.5 Å². The van der Waals surface area contributed by atoms with Gasteiger partial charge in [-0.15, -0.1) is 0 Å². The fraction of sp³-hybridized carbons (Fsp3) is 0.476. The molecule has 1 aromatic heterocycles. The van der Waals surface area contributed by atoms with Crippen LogP contribution in [0.5, 0.6) is 17.2 Å². The first-order chi connectivity index (χ1) is 14.4. The number of rotatable bonds is 7. The molecule has 1 saturated heterocycles. The van der Waals surface area contributed by atoms with Crippen LogP contribution in [0.25, 0.3) is 0 Å². The maximum Gasteiger partial charge on any atom is 0.240 e. The molecule has 8 nitrogen and oxygen atoms in total. The fourth-order valence-electron chi connectivity index (χ4n) is 3.37. The topological polar surface area (TPSA) is 103 Å². The molecule has 30 heavy (non-hydrogen) atoms. The van der Waals surface area contributed by atoms with Crippen LogP contribution in [0.15, 0.2) is 18.3 Å². The Labute approximate surface area is 190 Å². The molecule has 1 amide bonds. The number of amides is 1. The van der Waals surface area contributed by atoms with Crippen LogP contribution in [-0.4, -0.2) is 47.5 Å². The summed E-state index contributed by atoms with van der Waals surface area (Å²) < 4.78 is 12.4. The van der Waals surface area contributed by atoms with Crippen molar-refractivity contribution >= 4 is 40.3 Å². The van der Waals surface area contributed by atoms with Gasteiger partial charge < -0.3 is 15.2 Å². The number of nitrogen functional groups attached to an aromatic ring is 1. The highest BCUT2D eigenvalue weighted by molar-refractivity contribution is 14.1. The van der Waals surface area contributed by atoms with Crippen LogP contribution in [0.1, 0.15) is 44.6 Å². The Kier molecular flexibility index (Phi) is 7.70. The van der Waals surface area contributed by atoms with E-state index in [0.29, 0.717) is 18.0 Å². The molecule has 9 heteroatoms. The van der Waals surface area contributed by atoms with E-state index in [2.05, 4.69) is 56.6 Å². The maximum absolute atomic E-state index is 12.3. The summed E-state index contributed by atoms with van der Waals surface area (Å²) in [7, 11) is 1.65. The largest absolute Gasteiger partial charge is 0.496 e. The van der Waals surface area contributed by atoms with Gasteiger partial charge in [0.25, 0.3) is 0 Å². The second kappa shape index (κ2) is 10.3. The van der Waals surface area contributed by atoms with Crippen molar-refractivity contribution in [2.75, 3.05) is 37.8 Å². The van der Waals surface area contributed by atoms with Gasteiger partial charge in [-0.2, -0.15) is 4.98 Å². The van der Waals surface area contributed by atoms with Crippen LogP contribution in [0, 0.1) is 3.57 Å². The molecule has 1 aliphatic heterocycles. The first kappa shape index (κ1) is 22.5. The summed E-state index contributed by atoms with van der Waals surface area (Å²) in [5.74, 6) is 2.23. The first-order valence-corrected chi connectivity index (χ1v) is 11.1. The lowest BCUT2D eigenvalue weighted by atomic mass is 10.0. The normalized spacial score (nSPS) is 14.6. The van der Waals surface area contributed by atoms with Crippen molar-refractivity contribution < 1.29 is 14.3 Å². The quantitative estimate of drug-likeness (QED) is 0.527. The highest BCUT2D eigenvalue weighted by Crippen LogP contribution is 2.37. The molecule has 2 aromatic rings. The number of likely N-dealkylation sites (tertiary alicyclic amines) is 1. The summed E-state index contributed by atoms with van der Waals surface area (Å²) in [6, 6.07) is 3.87. The van der Waals surface area contributed by atoms with Crippen molar-refractivity contribution in [2.45, 2.75) is 39.0 Å². The second-order valence-corrected chi connectivity index (χ2v) is 8.77. The van der Waals surface area contributed by atoms with E-state index in [4.69, 9.17) is 15.2 Å². The van der Waals surface area contributed by atoms with Gasteiger partial charge >= 0.3 is 0 Å². The number of benzene rings is 1. The van der Waals surface area contributed by atoms with Crippen LogP contribution in [0.3, 0.4) is 0 Å². The Bertz CT molecular complexity index is 900. The number of aromatic nitrogens is 2. The third kappa shape index (κ3) is 5.72. The average Bonchev–Trinajstić information content (AvgIpc) is 2.70. The second-order valence-electron chi connectivity index (χ2n) is 7.61. The molecular weight excluding hydrogens is 497 g/mol. The smallest absolute Gasteiger partial charge is 0.240 e. The van der Waals surface area contributed by atoms with E-state index < -0.39 is 0 Å². The number of hydrogen-bond donors (Lipinski definition) is 2. The van der Waals surface area contributed by atoms with Crippen molar-refractivity contribution in [1.82, 2.24) is 14.9 Å². The van der Waals surface area contributed by atoms with Gasteiger partial charge in [-0.25, -0.2) is 4.98 Å². The van der Waals surface area contributed by atoms with Crippen LogP contribution >= 0.6 is 22.6 Å². The van der Waals surface area contributed by atoms with Gasteiger partial charge in [0.05, 0.1) is 23.4 Å². The van der Waals surface area contributed by atoms with Gasteiger partial charge in [-0.05, 0) is 66.6 Å². The minimum atomic E-state index is -0.142. The molecule has 2 heterocycles. The van der Waals surface area contributed by atoms with E-state index in [1.807, 2.05) is 12.1 Å². The molecule has 0 saturated carbocycles. The number of ether oxygens (including phenoxy) is 2. The zero-order chi connectivity index (χ0) is 21.7. The highest BCUT2D eigenvalue weighted by Gasteiger charge is 2.17. The number of methoxy groups -OCH3 is 1. The van der Waals surface area contributed by atoms with Crippen molar-refractivity contribution in [3.05, 3.63) is 27.5 Å². The fourth-order valence-corrected chi connectivity index (χ4v) is 4.03. The number of halogens is 1. The lowest BCUT2D eigenvalue weighted by molar-refractivity contribution is -0.117. The molecule has 1 fully saturated rings. The van der Waals surface area contributed by atoms with E-state index in [0.717, 1.165) is 40.8 Å². The Morgan fingerprint density at radius 1 is 1.23 bits per heavy atom. The molecule has 0 atom stereocenters. The Balaban J connectivity index is 1.71. The Morgan fingerprint density at radius 2 is 1.97 bits per heavy atom. The number of nitrogens with two attached hydrogens (primary N) is 1. The van der Waals surface area contributed by atoms with Crippen LogP contribution in [-0.2, 0) is 4.79 Å². The van der Waals surface area contributed by atoms with Crippen LogP contribution < -0.4 is 20.5 Å². The molecule has 0 unspecified atom stereocenters. The monoisotopic (exact) mass is 525 g/mol. The third-order valence-corrected chi connectivity index (χ3v) is 5.82. The third-order valence-electron chi connectivity index (χ3n) is 4.98. The number of nitrogens with one attached hydrogen (secondary N) is 1. The predicted molar refractivity (Wildman–Crippen MR) is 125 cm³/mol. The van der Waals surface area contributed by atoms with Gasteiger partial charge in [-0.3, -0.25) is 15.0 Å². The van der Waals surface area contributed by atoms with Crippen molar-refractivity contribution in [1.29, 1.82) is 0 Å². The van der Waals surface area contributed by atoms with Crippen LogP contribution in [0.4, 0.5) is 11.8 Å². The SMILES string of the molecule is COc1cc(C(C)C)c(Oc2cnc(NC(=O)CN3CCCCC3)nc2N)cc1I. The summed E-state index contributed by atoms with van der Waals surface area (Å²) in [6.07, 6.45) is 4.97. The lowest BCUT2D eigenvalue weighted by Gasteiger charge is -2.25. The van der Waals surface area contributed by atoms with E-state index in [1.165, 1.54) is 12.6 Å². The number of piperidine rings is 1.